The molecular weight excluding hydrogens is 328 g/mol. The Hall–Kier alpha value is -2.80. The van der Waals surface area contributed by atoms with Crippen molar-refractivity contribution in [2.24, 2.45) is 0 Å². The van der Waals surface area contributed by atoms with E-state index in [1.807, 2.05) is 36.4 Å². The smallest absolute Gasteiger partial charge is 0.127 e. The molecule has 3 aromatic rings. The number of hydrogen-bond donors (Lipinski definition) is 0. The molecule has 0 aliphatic heterocycles. The lowest BCUT2D eigenvalue weighted by atomic mass is 9.78. The second-order valence-electron chi connectivity index (χ2n) is 7.40. The van der Waals surface area contributed by atoms with Crippen LogP contribution in [0, 0.1) is 6.92 Å². The Kier molecular flexibility index (Phi) is 6.13. The summed E-state index contributed by atoms with van der Waals surface area (Å²) in [6.07, 6.45) is 5.29. The molecule has 1 unspecified atom stereocenters. The molecule has 0 radical (unpaired) electrons. The molecule has 3 rings (SSSR count). The number of rotatable bonds is 8. The molecule has 0 fully saturated rings. The predicted molar refractivity (Wildman–Crippen MR) is 115 cm³/mol. The van der Waals surface area contributed by atoms with Crippen LogP contribution >= 0.6 is 0 Å². The van der Waals surface area contributed by atoms with Crippen LogP contribution in [0.1, 0.15) is 36.5 Å². The van der Waals surface area contributed by atoms with Gasteiger partial charge in [-0.1, -0.05) is 73.2 Å². The maximum absolute atomic E-state index is 5.95. The highest BCUT2D eigenvalue weighted by atomic mass is 16.5. The average molecular weight is 357 g/mol. The molecule has 0 aromatic heterocycles. The number of hydrogen-bond acceptors (Lipinski definition) is 1. The molecule has 0 aliphatic carbocycles. The molecule has 0 aliphatic rings. The summed E-state index contributed by atoms with van der Waals surface area (Å²) in [7, 11) is 0. The Balaban J connectivity index is 1.61. The van der Waals surface area contributed by atoms with Crippen LogP contribution in [0.25, 0.3) is 0 Å². The van der Waals surface area contributed by atoms with E-state index in [4.69, 9.17) is 4.74 Å². The van der Waals surface area contributed by atoms with E-state index in [-0.39, 0.29) is 5.41 Å². The molecule has 0 spiro atoms. The molecule has 1 atom stereocenters. The van der Waals surface area contributed by atoms with Crippen LogP contribution in [0.15, 0.2) is 91.5 Å². The Labute approximate surface area is 163 Å². The lowest BCUT2D eigenvalue weighted by Gasteiger charge is -2.26. The molecule has 138 valence electrons. The van der Waals surface area contributed by atoms with Crippen molar-refractivity contribution in [2.45, 2.75) is 38.5 Å². The van der Waals surface area contributed by atoms with E-state index in [0.29, 0.717) is 0 Å². The topological polar surface area (TPSA) is 9.23 Å². The summed E-state index contributed by atoms with van der Waals surface area (Å²) >= 11 is 0. The fourth-order valence-corrected chi connectivity index (χ4v) is 3.35. The van der Waals surface area contributed by atoms with Crippen molar-refractivity contribution < 1.29 is 4.74 Å². The van der Waals surface area contributed by atoms with Crippen LogP contribution in [0.5, 0.6) is 11.5 Å². The van der Waals surface area contributed by atoms with Crippen molar-refractivity contribution in [1.82, 2.24) is 0 Å². The molecule has 0 saturated carbocycles. The second-order valence-corrected chi connectivity index (χ2v) is 7.40. The fraction of sp³-hybridized carbons (Fsp3) is 0.231. The predicted octanol–water partition coefficient (Wildman–Crippen LogP) is 7.25. The number of para-hydroxylation sites is 1. The maximum Gasteiger partial charge on any atom is 0.127 e. The van der Waals surface area contributed by atoms with Crippen LogP contribution < -0.4 is 4.74 Å². The lowest BCUT2D eigenvalue weighted by molar-refractivity contribution is 0.481. The van der Waals surface area contributed by atoms with Gasteiger partial charge in [0, 0.05) is 5.41 Å². The zero-order valence-corrected chi connectivity index (χ0v) is 16.3. The molecule has 0 heterocycles. The summed E-state index contributed by atoms with van der Waals surface area (Å²) in [6.45, 7) is 8.50. The summed E-state index contributed by atoms with van der Waals surface area (Å²) in [4.78, 5) is 0. The first-order chi connectivity index (χ1) is 13.1. The van der Waals surface area contributed by atoms with Gasteiger partial charge in [0.2, 0.25) is 0 Å². The van der Waals surface area contributed by atoms with E-state index in [9.17, 15) is 0 Å². The largest absolute Gasteiger partial charge is 0.457 e. The highest BCUT2D eigenvalue weighted by Crippen LogP contribution is 2.31. The Morgan fingerprint density at radius 1 is 0.889 bits per heavy atom. The molecule has 0 bridgehead atoms. The zero-order chi connectivity index (χ0) is 19.1. The molecular formula is C26H28O. The van der Waals surface area contributed by atoms with Crippen LogP contribution in [0.3, 0.4) is 0 Å². The summed E-state index contributed by atoms with van der Waals surface area (Å²) in [5.41, 5.74) is 3.94. The lowest BCUT2D eigenvalue weighted by Crippen LogP contribution is -2.18. The standard InChI is InChI=1S/C26H28O/c1-4-26(3,23-17-15-21(2)16-18-23)19-9-11-22-10-8-14-25(20-22)27-24-12-6-5-7-13-24/h4-8,10,12-18,20H,1,9,11,19H2,2-3H3. The first-order valence-electron chi connectivity index (χ1n) is 9.62. The van der Waals surface area contributed by atoms with Gasteiger partial charge in [0.05, 0.1) is 0 Å². The van der Waals surface area contributed by atoms with E-state index in [0.717, 1.165) is 30.8 Å². The van der Waals surface area contributed by atoms with Crippen molar-refractivity contribution in [2.75, 3.05) is 0 Å². The number of allylic oxidation sites excluding steroid dienone is 1. The summed E-state index contributed by atoms with van der Waals surface area (Å²) < 4.78 is 5.95. The normalized spacial score (nSPS) is 13.0. The summed E-state index contributed by atoms with van der Waals surface area (Å²) in [5.74, 6) is 1.76. The van der Waals surface area contributed by atoms with Gasteiger partial charge >= 0.3 is 0 Å². The summed E-state index contributed by atoms with van der Waals surface area (Å²) in [6, 6.07) is 27.1. The Bertz CT molecular complexity index is 864. The van der Waals surface area contributed by atoms with Gasteiger partial charge in [-0.2, -0.15) is 0 Å². The van der Waals surface area contributed by atoms with Crippen LogP contribution in [-0.2, 0) is 11.8 Å². The molecule has 3 aromatic carbocycles. The first-order valence-corrected chi connectivity index (χ1v) is 9.62. The van der Waals surface area contributed by atoms with Gasteiger partial charge in [-0.25, -0.2) is 0 Å². The highest BCUT2D eigenvalue weighted by Gasteiger charge is 2.22. The number of ether oxygens (including phenoxy) is 1. The monoisotopic (exact) mass is 356 g/mol. The zero-order valence-electron chi connectivity index (χ0n) is 16.3. The highest BCUT2D eigenvalue weighted by molar-refractivity contribution is 5.34. The minimum Gasteiger partial charge on any atom is -0.457 e. The molecule has 0 amide bonds. The van der Waals surface area contributed by atoms with Gasteiger partial charge in [-0.3, -0.25) is 0 Å². The van der Waals surface area contributed by atoms with E-state index in [1.165, 1.54) is 16.7 Å². The van der Waals surface area contributed by atoms with Gasteiger partial charge in [-0.05, 0) is 61.6 Å². The van der Waals surface area contributed by atoms with E-state index < -0.39 is 0 Å². The van der Waals surface area contributed by atoms with E-state index in [1.54, 1.807) is 0 Å². The Morgan fingerprint density at radius 3 is 2.30 bits per heavy atom. The van der Waals surface area contributed by atoms with Gasteiger partial charge in [0.1, 0.15) is 11.5 Å². The Morgan fingerprint density at radius 2 is 1.59 bits per heavy atom. The molecule has 27 heavy (non-hydrogen) atoms. The van der Waals surface area contributed by atoms with Crippen molar-refractivity contribution in [3.8, 4) is 11.5 Å². The maximum atomic E-state index is 5.95. The third-order valence-electron chi connectivity index (χ3n) is 5.20. The average Bonchev–Trinajstić information content (AvgIpc) is 2.69. The van der Waals surface area contributed by atoms with Crippen LogP contribution in [0.2, 0.25) is 0 Å². The van der Waals surface area contributed by atoms with Crippen LogP contribution in [-0.4, -0.2) is 0 Å². The van der Waals surface area contributed by atoms with Crippen LogP contribution in [0.4, 0.5) is 0 Å². The molecule has 1 nitrogen and oxygen atoms in total. The van der Waals surface area contributed by atoms with Gasteiger partial charge in [0.15, 0.2) is 0 Å². The second kappa shape index (κ2) is 8.73. The minimum absolute atomic E-state index is 0.00580. The fourth-order valence-electron chi connectivity index (χ4n) is 3.35. The van der Waals surface area contributed by atoms with Crippen molar-refractivity contribution in [3.05, 3.63) is 108 Å². The van der Waals surface area contributed by atoms with E-state index in [2.05, 4.69) is 69.0 Å². The van der Waals surface area contributed by atoms with Gasteiger partial charge < -0.3 is 4.74 Å². The quantitative estimate of drug-likeness (QED) is 0.386. The van der Waals surface area contributed by atoms with Crippen molar-refractivity contribution in [1.29, 1.82) is 0 Å². The number of benzene rings is 3. The first kappa shape index (κ1) is 19.0. The van der Waals surface area contributed by atoms with Gasteiger partial charge in [-0.15, -0.1) is 6.58 Å². The third-order valence-corrected chi connectivity index (χ3v) is 5.20. The number of aryl methyl sites for hydroxylation is 2. The summed E-state index contributed by atoms with van der Waals surface area (Å²) in [5, 5.41) is 0. The van der Waals surface area contributed by atoms with Crippen molar-refractivity contribution in [3.63, 3.8) is 0 Å². The molecule has 0 N–H and O–H groups in total. The molecule has 0 saturated heterocycles. The molecule has 1 heteroatoms. The minimum atomic E-state index is 0.00580. The SMILES string of the molecule is C=CC(C)(CCCc1cccc(Oc2ccccc2)c1)c1ccc(C)cc1. The van der Waals surface area contributed by atoms with E-state index >= 15 is 0 Å². The van der Waals surface area contributed by atoms with Gasteiger partial charge in [0.25, 0.3) is 0 Å². The van der Waals surface area contributed by atoms with Crippen molar-refractivity contribution >= 4 is 0 Å². The third kappa shape index (κ3) is 5.10.